The Morgan fingerprint density at radius 1 is 1.12 bits per heavy atom. The molecule has 0 atom stereocenters. The predicted molar refractivity (Wildman–Crippen MR) is 85.8 cm³/mol. The van der Waals surface area contributed by atoms with E-state index in [0.29, 0.717) is 6.54 Å². The Balaban J connectivity index is 2.13. The van der Waals surface area contributed by atoms with Crippen LogP contribution in [0.3, 0.4) is 0 Å². The number of para-hydroxylation sites is 1. The second-order valence-electron chi connectivity index (χ2n) is 5.09. The number of anilines is 1. The Kier molecular flexibility index (Phi) is 5.95. The first-order valence-electron chi connectivity index (χ1n) is 7.52. The quantitative estimate of drug-likeness (QED) is 0.798. The van der Waals surface area contributed by atoms with Gasteiger partial charge in [-0.25, -0.2) is 8.78 Å². The molecule has 0 unspecified atom stereocenters. The number of hydrogen-bond donors (Lipinski definition) is 2. The van der Waals surface area contributed by atoms with Crippen LogP contribution in [0.25, 0.3) is 0 Å². The van der Waals surface area contributed by atoms with E-state index in [-0.39, 0.29) is 11.3 Å². The highest BCUT2D eigenvalue weighted by Crippen LogP contribution is 2.19. The molecule has 0 radical (unpaired) electrons. The number of carbonyl (C=O) groups excluding carboxylic acids is 2. The number of halogens is 2. The molecule has 1 heterocycles. The highest BCUT2D eigenvalue weighted by molar-refractivity contribution is 6.05. The van der Waals surface area contributed by atoms with Crippen molar-refractivity contribution in [2.45, 2.75) is 19.8 Å². The number of rotatable bonds is 6. The van der Waals surface area contributed by atoms with Crippen molar-refractivity contribution >= 4 is 17.5 Å². The molecule has 2 amide bonds. The van der Waals surface area contributed by atoms with Gasteiger partial charge in [0.2, 0.25) is 0 Å². The van der Waals surface area contributed by atoms with Gasteiger partial charge in [0.15, 0.2) is 0 Å². The summed E-state index contributed by atoms with van der Waals surface area (Å²) in [6.07, 6.45) is 3.06. The zero-order valence-electron chi connectivity index (χ0n) is 13.1. The summed E-state index contributed by atoms with van der Waals surface area (Å²) in [5.41, 5.74) is -0.394. The summed E-state index contributed by atoms with van der Waals surface area (Å²) < 4.78 is 27.2. The molecule has 0 aliphatic carbocycles. The molecule has 1 aromatic heterocycles. The van der Waals surface area contributed by atoms with Crippen LogP contribution < -0.4 is 10.6 Å². The maximum absolute atomic E-state index is 13.6. The second-order valence-corrected chi connectivity index (χ2v) is 5.09. The van der Waals surface area contributed by atoms with Crippen molar-refractivity contribution in [3.8, 4) is 0 Å². The summed E-state index contributed by atoms with van der Waals surface area (Å²) in [5, 5.41) is 4.85. The monoisotopic (exact) mass is 333 g/mol. The number of aromatic nitrogens is 1. The molecule has 7 heteroatoms. The molecule has 0 saturated heterocycles. The molecule has 24 heavy (non-hydrogen) atoms. The summed E-state index contributed by atoms with van der Waals surface area (Å²) in [6.45, 7) is 2.51. The number of pyridine rings is 1. The lowest BCUT2D eigenvalue weighted by atomic mass is 10.2. The van der Waals surface area contributed by atoms with Crippen molar-refractivity contribution < 1.29 is 18.4 Å². The first-order valence-corrected chi connectivity index (χ1v) is 7.52. The summed E-state index contributed by atoms with van der Waals surface area (Å²) in [7, 11) is 0. The van der Waals surface area contributed by atoms with Crippen molar-refractivity contribution in [1.82, 2.24) is 10.3 Å². The summed E-state index contributed by atoms with van der Waals surface area (Å²) in [4.78, 5) is 28.0. The number of unbranched alkanes of at least 4 members (excludes halogenated alkanes) is 1. The molecule has 0 fully saturated rings. The topological polar surface area (TPSA) is 71.1 Å². The van der Waals surface area contributed by atoms with E-state index in [0.717, 1.165) is 25.0 Å². The number of nitrogens with one attached hydrogen (secondary N) is 2. The van der Waals surface area contributed by atoms with E-state index >= 15 is 0 Å². The third kappa shape index (κ3) is 4.34. The zero-order valence-corrected chi connectivity index (χ0v) is 13.1. The highest BCUT2D eigenvalue weighted by atomic mass is 19.1. The minimum Gasteiger partial charge on any atom is -0.351 e. The zero-order chi connectivity index (χ0) is 17.5. The third-order valence-electron chi connectivity index (χ3n) is 3.27. The molecule has 0 spiro atoms. The van der Waals surface area contributed by atoms with E-state index in [9.17, 15) is 18.4 Å². The van der Waals surface area contributed by atoms with Crippen LogP contribution in [0.1, 0.15) is 40.6 Å². The van der Waals surface area contributed by atoms with Crippen molar-refractivity contribution in [2.75, 3.05) is 11.9 Å². The lowest BCUT2D eigenvalue weighted by Gasteiger charge is -2.08. The maximum Gasteiger partial charge on any atom is 0.269 e. The molecule has 0 bridgehead atoms. The largest absolute Gasteiger partial charge is 0.351 e. The van der Waals surface area contributed by atoms with Gasteiger partial charge < -0.3 is 10.6 Å². The minimum atomic E-state index is -0.880. The number of benzene rings is 1. The first kappa shape index (κ1) is 17.5. The molecule has 0 saturated carbocycles. The van der Waals surface area contributed by atoms with Gasteiger partial charge in [0.05, 0.1) is 0 Å². The lowest BCUT2D eigenvalue weighted by Crippen LogP contribution is -2.25. The van der Waals surface area contributed by atoms with Crippen LogP contribution in [-0.4, -0.2) is 23.3 Å². The SMILES string of the molecule is CCCCNC(=O)c1cc(C(=O)Nc2c(F)cccc2F)ccn1. The Bertz CT molecular complexity index is 730. The molecule has 1 aromatic carbocycles. The van der Waals surface area contributed by atoms with Gasteiger partial charge in [0, 0.05) is 18.3 Å². The Hall–Kier alpha value is -2.83. The summed E-state index contributed by atoms with van der Waals surface area (Å²) >= 11 is 0. The Morgan fingerprint density at radius 3 is 2.50 bits per heavy atom. The fourth-order valence-electron chi connectivity index (χ4n) is 1.97. The number of hydrogen-bond acceptors (Lipinski definition) is 3. The first-order chi connectivity index (χ1) is 11.5. The molecular weight excluding hydrogens is 316 g/mol. The number of carbonyl (C=O) groups is 2. The van der Waals surface area contributed by atoms with E-state index in [4.69, 9.17) is 0 Å². The fraction of sp³-hybridized carbons (Fsp3) is 0.235. The average Bonchev–Trinajstić information content (AvgIpc) is 2.58. The van der Waals surface area contributed by atoms with Crippen molar-refractivity contribution in [2.24, 2.45) is 0 Å². The number of amides is 2. The smallest absolute Gasteiger partial charge is 0.269 e. The summed E-state index contributed by atoms with van der Waals surface area (Å²) in [5.74, 6) is -2.90. The standard InChI is InChI=1S/C17H17F2N3O2/c1-2-3-8-21-17(24)14-10-11(7-9-20-14)16(23)22-15-12(18)5-4-6-13(15)19/h4-7,9-10H,2-3,8H2,1H3,(H,21,24)(H,22,23). The van der Waals surface area contributed by atoms with E-state index in [1.165, 1.54) is 24.4 Å². The molecule has 2 aromatic rings. The van der Waals surface area contributed by atoms with Crippen molar-refractivity contribution in [3.63, 3.8) is 0 Å². The van der Waals surface area contributed by atoms with Gasteiger partial charge >= 0.3 is 0 Å². The predicted octanol–water partition coefficient (Wildman–Crippen LogP) is 3.14. The van der Waals surface area contributed by atoms with Gasteiger partial charge in [0.25, 0.3) is 11.8 Å². The highest BCUT2D eigenvalue weighted by Gasteiger charge is 2.15. The van der Waals surface area contributed by atoms with E-state index in [1.807, 2.05) is 6.92 Å². The second kappa shape index (κ2) is 8.14. The van der Waals surface area contributed by atoms with Gasteiger partial charge in [-0.3, -0.25) is 14.6 Å². The summed E-state index contributed by atoms with van der Waals surface area (Å²) in [6, 6.07) is 5.91. The fourth-order valence-corrected chi connectivity index (χ4v) is 1.97. The molecular formula is C17H17F2N3O2. The van der Waals surface area contributed by atoms with Gasteiger partial charge in [0.1, 0.15) is 23.0 Å². The molecule has 5 nitrogen and oxygen atoms in total. The molecule has 0 aliphatic heterocycles. The van der Waals surface area contributed by atoms with E-state index in [1.54, 1.807) is 0 Å². The number of nitrogens with zero attached hydrogens (tertiary/aromatic N) is 1. The van der Waals surface area contributed by atoms with Crippen molar-refractivity contribution in [1.29, 1.82) is 0 Å². The molecule has 2 rings (SSSR count). The average molecular weight is 333 g/mol. The molecule has 2 N–H and O–H groups in total. The lowest BCUT2D eigenvalue weighted by molar-refractivity contribution is 0.0948. The van der Waals surface area contributed by atoms with Gasteiger partial charge in [-0.15, -0.1) is 0 Å². The van der Waals surface area contributed by atoms with Gasteiger partial charge in [-0.05, 0) is 30.7 Å². The minimum absolute atomic E-state index is 0.0627. The van der Waals surface area contributed by atoms with Gasteiger partial charge in [-0.1, -0.05) is 19.4 Å². The van der Waals surface area contributed by atoms with Crippen molar-refractivity contribution in [3.05, 3.63) is 59.4 Å². The van der Waals surface area contributed by atoms with Crippen LogP contribution in [-0.2, 0) is 0 Å². The Labute approximate surface area is 138 Å². The molecule has 0 aliphatic rings. The third-order valence-corrected chi connectivity index (χ3v) is 3.27. The van der Waals surface area contributed by atoms with E-state index in [2.05, 4.69) is 15.6 Å². The van der Waals surface area contributed by atoms with Crippen LogP contribution in [0.2, 0.25) is 0 Å². The molecule has 126 valence electrons. The van der Waals surface area contributed by atoms with Crippen LogP contribution in [0.4, 0.5) is 14.5 Å². The van der Waals surface area contributed by atoms with E-state index < -0.39 is 29.1 Å². The van der Waals surface area contributed by atoms with Crippen LogP contribution >= 0.6 is 0 Å². The van der Waals surface area contributed by atoms with Crippen LogP contribution in [0.15, 0.2) is 36.5 Å². The van der Waals surface area contributed by atoms with Crippen LogP contribution in [0.5, 0.6) is 0 Å². The maximum atomic E-state index is 13.6. The van der Waals surface area contributed by atoms with Gasteiger partial charge in [-0.2, -0.15) is 0 Å². The Morgan fingerprint density at radius 2 is 1.83 bits per heavy atom. The normalized spacial score (nSPS) is 10.3. The van der Waals surface area contributed by atoms with Crippen LogP contribution in [0, 0.1) is 11.6 Å².